The second-order valence-corrected chi connectivity index (χ2v) is 3.19. The van der Waals surface area contributed by atoms with Crippen molar-refractivity contribution in [3.8, 4) is 0 Å². The molecule has 0 aliphatic heterocycles. The second kappa shape index (κ2) is 4.56. The molecular weight excluding hydrogens is 253 g/mol. The van der Waals surface area contributed by atoms with Gasteiger partial charge in [-0.3, -0.25) is 0 Å². The lowest BCUT2D eigenvalue weighted by Crippen LogP contribution is -2.11. The molecule has 1 aromatic rings. The molecule has 0 aromatic carbocycles. The van der Waals surface area contributed by atoms with E-state index in [0.717, 1.165) is 22.6 Å². The van der Waals surface area contributed by atoms with E-state index in [1.807, 2.05) is 18.2 Å². The zero-order valence-electron chi connectivity index (χ0n) is 6.14. The van der Waals surface area contributed by atoms with Gasteiger partial charge in [0.1, 0.15) is 5.76 Å². The summed E-state index contributed by atoms with van der Waals surface area (Å²) in [7, 11) is 0. The first-order valence-electron chi connectivity index (χ1n) is 3.39. The highest BCUT2D eigenvalue weighted by Crippen LogP contribution is 2.09. The third-order valence-corrected chi connectivity index (χ3v) is 1.80. The van der Waals surface area contributed by atoms with E-state index in [1.165, 1.54) is 0 Å². The molecule has 2 nitrogen and oxygen atoms in total. The van der Waals surface area contributed by atoms with Crippen molar-refractivity contribution in [2.24, 2.45) is 0 Å². The summed E-state index contributed by atoms with van der Waals surface area (Å²) in [6.45, 7) is 5.19. The Morgan fingerprint density at radius 2 is 2.45 bits per heavy atom. The van der Waals surface area contributed by atoms with Gasteiger partial charge in [0.2, 0.25) is 0 Å². The summed E-state index contributed by atoms with van der Waals surface area (Å²) in [6.07, 6.45) is 1.83. The van der Waals surface area contributed by atoms with Crippen LogP contribution in [0.1, 0.15) is 5.76 Å². The lowest BCUT2D eigenvalue weighted by molar-refractivity contribution is 0.469. The van der Waals surface area contributed by atoms with E-state index in [9.17, 15) is 0 Å². The van der Waals surface area contributed by atoms with Gasteiger partial charge in [-0.1, -0.05) is 6.08 Å². The quantitative estimate of drug-likeness (QED) is 0.511. The molecule has 0 saturated carbocycles. The van der Waals surface area contributed by atoms with Crippen LogP contribution in [0, 0.1) is 3.77 Å². The van der Waals surface area contributed by atoms with Crippen molar-refractivity contribution < 1.29 is 4.42 Å². The summed E-state index contributed by atoms with van der Waals surface area (Å²) in [5.74, 6) is 0.969. The minimum absolute atomic E-state index is 0.773. The van der Waals surface area contributed by atoms with Crippen LogP contribution in [-0.2, 0) is 6.54 Å². The molecule has 1 heterocycles. The predicted octanol–water partition coefficient (Wildman–Crippen LogP) is 2.16. The fourth-order valence-electron chi connectivity index (χ4n) is 0.744. The summed E-state index contributed by atoms with van der Waals surface area (Å²) < 4.78 is 6.25. The Labute approximate surface area is 79.8 Å². The van der Waals surface area contributed by atoms with Crippen LogP contribution in [0.4, 0.5) is 0 Å². The molecule has 11 heavy (non-hydrogen) atoms. The van der Waals surface area contributed by atoms with Gasteiger partial charge < -0.3 is 9.73 Å². The summed E-state index contributed by atoms with van der Waals surface area (Å²) in [6, 6.07) is 3.92. The molecule has 0 spiro atoms. The molecule has 0 unspecified atom stereocenters. The van der Waals surface area contributed by atoms with Crippen LogP contribution >= 0.6 is 22.6 Å². The number of hydrogen-bond donors (Lipinski definition) is 1. The van der Waals surface area contributed by atoms with Gasteiger partial charge in [-0.05, 0) is 34.7 Å². The third-order valence-electron chi connectivity index (χ3n) is 1.22. The molecule has 0 fully saturated rings. The minimum Gasteiger partial charge on any atom is -0.454 e. The molecule has 0 aliphatic rings. The molecule has 0 atom stereocenters. The smallest absolute Gasteiger partial charge is 0.164 e. The van der Waals surface area contributed by atoms with Crippen molar-refractivity contribution in [3.63, 3.8) is 0 Å². The number of rotatable bonds is 4. The summed E-state index contributed by atoms with van der Waals surface area (Å²) in [4.78, 5) is 0. The molecule has 0 bridgehead atoms. The molecule has 0 aliphatic carbocycles. The highest BCUT2D eigenvalue weighted by Gasteiger charge is 1.96. The number of halogens is 1. The SMILES string of the molecule is C=CCNCc1ccc(I)o1. The van der Waals surface area contributed by atoms with Crippen LogP contribution in [0.25, 0.3) is 0 Å². The Morgan fingerprint density at radius 1 is 1.64 bits per heavy atom. The average Bonchev–Trinajstić information content (AvgIpc) is 2.37. The Morgan fingerprint density at radius 3 is 3.00 bits per heavy atom. The van der Waals surface area contributed by atoms with E-state index >= 15 is 0 Å². The van der Waals surface area contributed by atoms with E-state index in [4.69, 9.17) is 4.42 Å². The Kier molecular flexibility index (Phi) is 3.65. The lowest BCUT2D eigenvalue weighted by Gasteiger charge is -1.95. The monoisotopic (exact) mass is 263 g/mol. The second-order valence-electron chi connectivity index (χ2n) is 2.13. The molecule has 1 N–H and O–H groups in total. The van der Waals surface area contributed by atoms with Crippen LogP contribution in [0.3, 0.4) is 0 Å². The largest absolute Gasteiger partial charge is 0.454 e. The maximum Gasteiger partial charge on any atom is 0.164 e. The zero-order valence-corrected chi connectivity index (χ0v) is 8.30. The van der Waals surface area contributed by atoms with Crippen molar-refractivity contribution in [2.75, 3.05) is 6.54 Å². The van der Waals surface area contributed by atoms with Crippen molar-refractivity contribution >= 4 is 22.6 Å². The highest BCUT2D eigenvalue weighted by molar-refractivity contribution is 14.1. The van der Waals surface area contributed by atoms with Gasteiger partial charge in [-0.25, -0.2) is 0 Å². The fourth-order valence-corrected chi connectivity index (χ4v) is 1.21. The van der Waals surface area contributed by atoms with Gasteiger partial charge in [0, 0.05) is 6.54 Å². The molecule has 1 aromatic heterocycles. The summed E-state index contributed by atoms with van der Waals surface area (Å²) in [5, 5.41) is 3.15. The van der Waals surface area contributed by atoms with Gasteiger partial charge in [-0.2, -0.15) is 0 Å². The maximum atomic E-state index is 5.32. The maximum absolute atomic E-state index is 5.32. The van der Waals surface area contributed by atoms with Crippen molar-refractivity contribution in [2.45, 2.75) is 6.54 Å². The minimum atomic E-state index is 0.773. The van der Waals surface area contributed by atoms with Gasteiger partial charge in [0.15, 0.2) is 3.77 Å². The van der Waals surface area contributed by atoms with Crippen LogP contribution in [0.5, 0.6) is 0 Å². The van der Waals surface area contributed by atoms with E-state index in [2.05, 4.69) is 34.5 Å². The third kappa shape index (κ3) is 3.07. The zero-order chi connectivity index (χ0) is 8.10. The van der Waals surface area contributed by atoms with E-state index in [0.29, 0.717) is 0 Å². The number of nitrogens with one attached hydrogen (secondary N) is 1. The standard InChI is InChI=1S/C8H10INO/c1-2-5-10-6-7-3-4-8(9)11-7/h2-4,10H,1,5-6H2. The Hall–Kier alpha value is -0.290. The lowest BCUT2D eigenvalue weighted by atomic mass is 10.4. The number of furan rings is 1. The van der Waals surface area contributed by atoms with E-state index < -0.39 is 0 Å². The van der Waals surface area contributed by atoms with Gasteiger partial charge in [0.05, 0.1) is 6.54 Å². The summed E-state index contributed by atoms with van der Waals surface area (Å²) >= 11 is 2.15. The van der Waals surface area contributed by atoms with Crippen LogP contribution in [0.2, 0.25) is 0 Å². The fraction of sp³-hybridized carbons (Fsp3) is 0.250. The topological polar surface area (TPSA) is 25.2 Å². The van der Waals surface area contributed by atoms with Crippen molar-refractivity contribution in [1.29, 1.82) is 0 Å². The first-order chi connectivity index (χ1) is 5.33. The Balaban J connectivity index is 2.32. The molecule has 0 radical (unpaired) electrons. The summed E-state index contributed by atoms with van der Waals surface area (Å²) in [5.41, 5.74) is 0. The molecule has 1 rings (SSSR count). The van der Waals surface area contributed by atoms with Crippen molar-refractivity contribution in [3.05, 3.63) is 34.3 Å². The van der Waals surface area contributed by atoms with Crippen LogP contribution in [0.15, 0.2) is 29.2 Å². The molecule has 3 heteroatoms. The van der Waals surface area contributed by atoms with Gasteiger partial charge in [-0.15, -0.1) is 6.58 Å². The molecule has 0 saturated heterocycles. The normalized spacial score (nSPS) is 9.91. The Bertz CT molecular complexity index is 232. The van der Waals surface area contributed by atoms with E-state index in [-0.39, 0.29) is 0 Å². The molecule has 0 amide bonds. The first-order valence-corrected chi connectivity index (χ1v) is 4.46. The highest BCUT2D eigenvalue weighted by atomic mass is 127. The first kappa shape index (κ1) is 8.80. The van der Waals surface area contributed by atoms with Crippen LogP contribution in [-0.4, -0.2) is 6.54 Å². The van der Waals surface area contributed by atoms with Crippen LogP contribution < -0.4 is 5.32 Å². The predicted molar refractivity (Wildman–Crippen MR) is 53.3 cm³/mol. The number of hydrogen-bond acceptors (Lipinski definition) is 2. The average molecular weight is 263 g/mol. The van der Waals surface area contributed by atoms with Crippen molar-refractivity contribution in [1.82, 2.24) is 5.32 Å². The molecular formula is C8H10INO. The van der Waals surface area contributed by atoms with Gasteiger partial charge >= 0.3 is 0 Å². The van der Waals surface area contributed by atoms with E-state index in [1.54, 1.807) is 0 Å². The van der Waals surface area contributed by atoms with Gasteiger partial charge in [0.25, 0.3) is 0 Å². The molecule has 60 valence electrons.